The van der Waals surface area contributed by atoms with E-state index in [9.17, 15) is 0 Å². The molecule has 1 aliphatic heterocycles. The standard InChI is InChI=1S/C14H18N8O/c23-10-9-21-12(3-6-15-21)11-4-7-20(8-5-11)14-2-1-13-16-18-19-22(13)17-14/h1-3,6,11,23H,4-5,7-10H2. The van der Waals surface area contributed by atoms with E-state index in [1.54, 1.807) is 0 Å². The molecule has 120 valence electrons. The zero-order valence-electron chi connectivity index (χ0n) is 12.7. The van der Waals surface area contributed by atoms with Crippen LogP contribution in [-0.4, -0.2) is 59.8 Å². The molecule has 0 radical (unpaired) electrons. The number of anilines is 1. The normalized spacial score (nSPS) is 16.3. The van der Waals surface area contributed by atoms with Crippen LogP contribution < -0.4 is 4.90 Å². The summed E-state index contributed by atoms with van der Waals surface area (Å²) in [6.45, 7) is 2.52. The maximum absolute atomic E-state index is 9.12. The number of nitrogens with zero attached hydrogens (tertiary/aromatic N) is 8. The summed E-state index contributed by atoms with van der Waals surface area (Å²) < 4.78 is 3.36. The maximum atomic E-state index is 9.12. The first kappa shape index (κ1) is 14.1. The van der Waals surface area contributed by atoms with Crippen LogP contribution in [0.5, 0.6) is 0 Å². The van der Waals surface area contributed by atoms with Gasteiger partial charge >= 0.3 is 0 Å². The fourth-order valence-corrected chi connectivity index (χ4v) is 3.18. The van der Waals surface area contributed by atoms with Gasteiger partial charge < -0.3 is 10.0 Å². The van der Waals surface area contributed by atoms with Gasteiger partial charge in [0.05, 0.1) is 13.2 Å². The minimum absolute atomic E-state index is 0.114. The van der Waals surface area contributed by atoms with Gasteiger partial charge in [-0.25, -0.2) is 0 Å². The smallest absolute Gasteiger partial charge is 0.200 e. The number of fused-ring (bicyclic) bond motifs is 1. The summed E-state index contributed by atoms with van der Waals surface area (Å²) in [6, 6.07) is 5.90. The molecule has 1 aliphatic rings. The molecule has 0 amide bonds. The largest absolute Gasteiger partial charge is 0.394 e. The molecule has 0 aliphatic carbocycles. The van der Waals surface area contributed by atoms with Gasteiger partial charge in [-0.2, -0.15) is 5.10 Å². The number of rotatable bonds is 4. The number of piperidine rings is 1. The molecule has 1 fully saturated rings. The fraction of sp³-hybridized carbons (Fsp3) is 0.500. The monoisotopic (exact) mass is 314 g/mol. The van der Waals surface area contributed by atoms with E-state index in [4.69, 9.17) is 5.11 Å². The van der Waals surface area contributed by atoms with Crippen LogP contribution in [0.4, 0.5) is 5.82 Å². The quantitative estimate of drug-likeness (QED) is 0.729. The summed E-state index contributed by atoms with van der Waals surface area (Å²) in [5, 5.41) is 29.2. The van der Waals surface area contributed by atoms with Crippen LogP contribution in [0.25, 0.3) is 5.65 Å². The molecule has 4 heterocycles. The first-order valence-electron chi connectivity index (χ1n) is 7.78. The summed E-state index contributed by atoms with van der Waals surface area (Å²) in [4.78, 5) is 2.25. The molecule has 0 bridgehead atoms. The third-order valence-corrected chi connectivity index (χ3v) is 4.35. The lowest BCUT2D eigenvalue weighted by atomic mass is 9.93. The van der Waals surface area contributed by atoms with Crippen molar-refractivity contribution in [2.24, 2.45) is 0 Å². The van der Waals surface area contributed by atoms with Gasteiger partial charge in [0.15, 0.2) is 11.5 Å². The number of aromatic nitrogens is 7. The fourth-order valence-electron chi connectivity index (χ4n) is 3.18. The van der Waals surface area contributed by atoms with Gasteiger partial charge in [-0.1, -0.05) is 0 Å². The number of aliphatic hydroxyl groups is 1. The lowest BCUT2D eigenvalue weighted by Gasteiger charge is -2.32. The van der Waals surface area contributed by atoms with E-state index in [0.29, 0.717) is 18.1 Å². The van der Waals surface area contributed by atoms with Gasteiger partial charge in [-0.15, -0.1) is 14.8 Å². The Hall–Kier alpha value is -2.55. The van der Waals surface area contributed by atoms with Crippen molar-refractivity contribution in [2.45, 2.75) is 25.3 Å². The van der Waals surface area contributed by atoms with Gasteiger partial charge in [0.2, 0.25) is 0 Å². The van der Waals surface area contributed by atoms with Crippen molar-refractivity contribution in [1.82, 2.24) is 35.0 Å². The zero-order chi connectivity index (χ0) is 15.6. The van der Waals surface area contributed by atoms with Crippen LogP contribution in [0.3, 0.4) is 0 Å². The van der Waals surface area contributed by atoms with Crippen LogP contribution in [0.1, 0.15) is 24.5 Å². The van der Waals surface area contributed by atoms with Crippen molar-refractivity contribution in [3.8, 4) is 0 Å². The maximum Gasteiger partial charge on any atom is 0.200 e. The summed E-state index contributed by atoms with van der Waals surface area (Å²) >= 11 is 0. The Morgan fingerprint density at radius 2 is 2.04 bits per heavy atom. The molecule has 1 saturated heterocycles. The van der Waals surface area contributed by atoms with E-state index >= 15 is 0 Å². The Balaban J connectivity index is 1.47. The topological polar surface area (TPSA) is 97.3 Å². The van der Waals surface area contributed by atoms with E-state index in [2.05, 4.69) is 36.7 Å². The molecule has 1 N–H and O–H groups in total. The highest BCUT2D eigenvalue weighted by Crippen LogP contribution is 2.29. The second-order valence-corrected chi connectivity index (χ2v) is 5.68. The molecule has 23 heavy (non-hydrogen) atoms. The number of tetrazole rings is 1. The Kier molecular flexibility index (Phi) is 3.62. The van der Waals surface area contributed by atoms with Gasteiger partial charge in [0.25, 0.3) is 0 Å². The molecule has 3 aromatic rings. The van der Waals surface area contributed by atoms with E-state index in [1.165, 1.54) is 10.3 Å². The second kappa shape index (κ2) is 5.92. The molecule has 0 spiro atoms. The molecule has 9 heteroatoms. The first-order valence-corrected chi connectivity index (χ1v) is 7.78. The summed E-state index contributed by atoms with van der Waals surface area (Å²) in [5.74, 6) is 1.36. The van der Waals surface area contributed by atoms with Crippen molar-refractivity contribution >= 4 is 11.5 Å². The van der Waals surface area contributed by atoms with Crippen LogP contribution >= 0.6 is 0 Å². The molecule has 0 aromatic carbocycles. The lowest BCUT2D eigenvalue weighted by molar-refractivity contribution is 0.265. The second-order valence-electron chi connectivity index (χ2n) is 5.68. The van der Waals surface area contributed by atoms with Crippen molar-refractivity contribution in [2.75, 3.05) is 24.6 Å². The summed E-state index contributed by atoms with van der Waals surface area (Å²) in [6.07, 6.45) is 3.88. The molecular formula is C14H18N8O. The minimum Gasteiger partial charge on any atom is -0.394 e. The molecule has 0 saturated carbocycles. The van der Waals surface area contributed by atoms with E-state index < -0.39 is 0 Å². The van der Waals surface area contributed by atoms with E-state index in [1.807, 2.05) is 23.0 Å². The minimum atomic E-state index is 0.114. The lowest BCUT2D eigenvalue weighted by Crippen LogP contribution is -2.34. The predicted octanol–water partition coefficient (Wildman–Crippen LogP) is 0.0921. The third kappa shape index (κ3) is 2.63. The zero-order valence-corrected chi connectivity index (χ0v) is 12.7. The van der Waals surface area contributed by atoms with Gasteiger partial charge in [-0.05, 0) is 41.5 Å². The van der Waals surface area contributed by atoms with Crippen molar-refractivity contribution < 1.29 is 5.11 Å². The van der Waals surface area contributed by atoms with Crippen LogP contribution in [-0.2, 0) is 6.54 Å². The van der Waals surface area contributed by atoms with E-state index in [-0.39, 0.29) is 6.61 Å². The Bertz CT molecular complexity index is 789. The molecule has 9 nitrogen and oxygen atoms in total. The van der Waals surface area contributed by atoms with Crippen LogP contribution in [0, 0.1) is 0 Å². The highest BCUT2D eigenvalue weighted by atomic mass is 16.3. The Morgan fingerprint density at radius 1 is 1.17 bits per heavy atom. The van der Waals surface area contributed by atoms with Crippen LogP contribution in [0.15, 0.2) is 24.4 Å². The third-order valence-electron chi connectivity index (χ3n) is 4.35. The molecule has 0 atom stereocenters. The Morgan fingerprint density at radius 3 is 2.87 bits per heavy atom. The van der Waals surface area contributed by atoms with Crippen molar-refractivity contribution in [3.05, 3.63) is 30.1 Å². The first-order chi connectivity index (χ1) is 11.3. The van der Waals surface area contributed by atoms with Crippen molar-refractivity contribution in [1.29, 1.82) is 0 Å². The van der Waals surface area contributed by atoms with Gasteiger partial charge in [0.1, 0.15) is 0 Å². The SMILES string of the molecule is OCCn1nccc1C1CCN(c2ccc3nnnn3n2)CC1. The van der Waals surface area contributed by atoms with Gasteiger partial charge in [-0.3, -0.25) is 4.68 Å². The number of hydrogen-bond donors (Lipinski definition) is 1. The average molecular weight is 314 g/mol. The summed E-state index contributed by atoms with van der Waals surface area (Å²) in [7, 11) is 0. The van der Waals surface area contributed by atoms with E-state index in [0.717, 1.165) is 31.7 Å². The highest BCUT2D eigenvalue weighted by Gasteiger charge is 2.24. The van der Waals surface area contributed by atoms with Gasteiger partial charge in [0, 0.05) is 30.9 Å². The molecule has 3 aromatic heterocycles. The Labute approximate surface area is 132 Å². The van der Waals surface area contributed by atoms with Crippen molar-refractivity contribution in [3.63, 3.8) is 0 Å². The average Bonchev–Trinajstić information content (AvgIpc) is 3.23. The highest BCUT2D eigenvalue weighted by molar-refractivity contribution is 5.44. The predicted molar refractivity (Wildman–Crippen MR) is 82.1 cm³/mol. The molecular weight excluding hydrogens is 296 g/mol. The number of aliphatic hydroxyl groups excluding tert-OH is 1. The molecule has 4 rings (SSSR count). The molecule has 0 unspecified atom stereocenters. The van der Waals surface area contributed by atoms with Crippen LogP contribution in [0.2, 0.25) is 0 Å². The number of hydrogen-bond acceptors (Lipinski definition) is 7. The summed E-state index contributed by atoms with van der Waals surface area (Å²) in [5.41, 5.74) is 1.86.